The molecule has 1 amide bonds. The van der Waals surface area contributed by atoms with Gasteiger partial charge in [-0.2, -0.15) is 13.2 Å². The highest BCUT2D eigenvalue weighted by molar-refractivity contribution is 6.12. The summed E-state index contributed by atoms with van der Waals surface area (Å²) in [7, 11) is 0. The minimum absolute atomic E-state index is 0.0257. The lowest BCUT2D eigenvalue weighted by Gasteiger charge is -2.29. The molecule has 1 aliphatic rings. The van der Waals surface area contributed by atoms with Gasteiger partial charge in [0.05, 0.1) is 17.9 Å². The van der Waals surface area contributed by atoms with Crippen LogP contribution in [0.5, 0.6) is 5.75 Å². The van der Waals surface area contributed by atoms with Gasteiger partial charge < -0.3 is 15.5 Å². The molecule has 148 valence electrons. The van der Waals surface area contributed by atoms with E-state index in [9.17, 15) is 28.2 Å². The van der Waals surface area contributed by atoms with E-state index in [1.54, 1.807) is 24.3 Å². The Kier molecular flexibility index (Phi) is 4.35. The Morgan fingerprint density at radius 1 is 0.897 bits per heavy atom. The number of phenols is 1. The van der Waals surface area contributed by atoms with Crippen molar-refractivity contribution in [3.63, 3.8) is 0 Å². The first-order valence-electron chi connectivity index (χ1n) is 8.80. The predicted molar refractivity (Wildman–Crippen MR) is 100 cm³/mol. The van der Waals surface area contributed by atoms with E-state index in [0.717, 1.165) is 6.07 Å². The van der Waals surface area contributed by atoms with Gasteiger partial charge in [-0.15, -0.1) is 0 Å². The van der Waals surface area contributed by atoms with Gasteiger partial charge in [-0.25, -0.2) is 0 Å². The number of aliphatic hydroxyl groups is 1. The average Bonchev–Trinajstić information content (AvgIpc) is 3.00. The molecule has 1 aliphatic heterocycles. The lowest BCUT2D eigenvalue weighted by atomic mass is 9.70. The van der Waals surface area contributed by atoms with Crippen molar-refractivity contribution in [3.8, 4) is 5.75 Å². The molecule has 4 nitrogen and oxygen atoms in total. The molecule has 4 rings (SSSR count). The van der Waals surface area contributed by atoms with Crippen molar-refractivity contribution in [2.24, 2.45) is 0 Å². The second kappa shape index (κ2) is 6.63. The fourth-order valence-corrected chi connectivity index (χ4v) is 3.88. The second-order valence-corrected chi connectivity index (χ2v) is 6.83. The quantitative estimate of drug-likeness (QED) is 0.619. The first-order chi connectivity index (χ1) is 13.8. The number of amides is 1. The van der Waals surface area contributed by atoms with Gasteiger partial charge >= 0.3 is 6.18 Å². The number of carbonyl (C=O) groups is 1. The van der Waals surface area contributed by atoms with Gasteiger partial charge in [0.15, 0.2) is 0 Å². The summed E-state index contributed by atoms with van der Waals surface area (Å²) in [6.07, 6.45) is -4.63. The standard InChI is InChI=1S/C22H16F3NO3/c23-22(24,25)18-3-1-2-17-19(18)26-20(29)21(17,15-8-10-16(28)11-9-15)14-6-4-13(12-27)5-7-14/h1-11,27-28H,12H2,(H,26,29). The maximum Gasteiger partial charge on any atom is 0.418 e. The van der Waals surface area contributed by atoms with E-state index in [1.165, 1.54) is 36.4 Å². The van der Waals surface area contributed by atoms with E-state index in [2.05, 4.69) is 5.32 Å². The van der Waals surface area contributed by atoms with Crippen molar-refractivity contribution in [3.05, 3.63) is 94.5 Å². The number of benzene rings is 3. The Balaban J connectivity index is 2.05. The number of halogens is 3. The number of alkyl halides is 3. The van der Waals surface area contributed by atoms with Gasteiger partial charge in [0, 0.05) is 5.56 Å². The van der Waals surface area contributed by atoms with Gasteiger partial charge in [-0.3, -0.25) is 4.79 Å². The largest absolute Gasteiger partial charge is 0.508 e. The van der Waals surface area contributed by atoms with Crippen LogP contribution in [-0.4, -0.2) is 16.1 Å². The van der Waals surface area contributed by atoms with Crippen LogP contribution >= 0.6 is 0 Å². The lowest BCUT2D eigenvalue weighted by Crippen LogP contribution is -2.37. The third-order valence-corrected chi connectivity index (χ3v) is 5.22. The second-order valence-electron chi connectivity index (χ2n) is 6.83. The monoisotopic (exact) mass is 399 g/mol. The zero-order valence-electron chi connectivity index (χ0n) is 15.0. The summed E-state index contributed by atoms with van der Waals surface area (Å²) in [6, 6.07) is 16.0. The van der Waals surface area contributed by atoms with Gasteiger partial charge in [-0.05, 0) is 34.9 Å². The van der Waals surface area contributed by atoms with Crippen LogP contribution < -0.4 is 5.32 Å². The Bertz CT molecular complexity index is 1080. The molecule has 7 heteroatoms. The number of nitrogens with one attached hydrogen (secondary N) is 1. The van der Waals surface area contributed by atoms with E-state index in [1.807, 2.05) is 0 Å². The molecule has 29 heavy (non-hydrogen) atoms. The fraction of sp³-hybridized carbons (Fsp3) is 0.136. The highest BCUT2D eigenvalue weighted by Crippen LogP contribution is 2.51. The maximum absolute atomic E-state index is 13.6. The molecule has 3 N–H and O–H groups in total. The summed E-state index contributed by atoms with van der Waals surface area (Å²) in [5.41, 5.74) is -1.06. The van der Waals surface area contributed by atoms with Crippen molar-refractivity contribution >= 4 is 11.6 Å². The number of hydrogen-bond donors (Lipinski definition) is 3. The van der Waals surface area contributed by atoms with Gasteiger partial charge in [0.2, 0.25) is 5.91 Å². The highest BCUT2D eigenvalue weighted by atomic mass is 19.4. The Hall–Kier alpha value is -3.32. The predicted octanol–water partition coefficient (Wildman–Crippen LogP) is 4.19. The molecular formula is C22H16F3NO3. The molecule has 0 fully saturated rings. The molecule has 1 atom stereocenters. The van der Waals surface area contributed by atoms with Gasteiger partial charge in [-0.1, -0.05) is 48.5 Å². The van der Waals surface area contributed by atoms with E-state index in [4.69, 9.17) is 0 Å². The van der Waals surface area contributed by atoms with Crippen LogP contribution in [0, 0.1) is 0 Å². The van der Waals surface area contributed by atoms with E-state index < -0.39 is 23.1 Å². The van der Waals surface area contributed by atoms with Crippen LogP contribution in [0.4, 0.5) is 18.9 Å². The Labute approximate surface area is 164 Å². The molecule has 3 aromatic carbocycles. The van der Waals surface area contributed by atoms with Gasteiger partial charge in [0.25, 0.3) is 0 Å². The molecule has 0 bridgehead atoms. The zero-order chi connectivity index (χ0) is 20.8. The molecular weight excluding hydrogens is 383 g/mol. The normalized spacial score (nSPS) is 18.4. The average molecular weight is 399 g/mol. The summed E-state index contributed by atoms with van der Waals surface area (Å²) >= 11 is 0. The molecule has 0 aliphatic carbocycles. The van der Waals surface area contributed by atoms with Crippen LogP contribution in [0.15, 0.2) is 66.7 Å². The van der Waals surface area contributed by atoms with Crippen LogP contribution in [0.2, 0.25) is 0 Å². The van der Waals surface area contributed by atoms with Crippen LogP contribution in [-0.2, 0) is 23.0 Å². The van der Waals surface area contributed by atoms with Crippen molar-refractivity contribution < 1.29 is 28.2 Å². The number of phenolic OH excluding ortho intramolecular Hbond substituents is 1. The third kappa shape index (κ3) is 2.86. The first kappa shape index (κ1) is 19.0. The smallest absolute Gasteiger partial charge is 0.418 e. The van der Waals surface area contributed by atoms with Crippen LogP contribution in [0.3, 0.4) is 0 Å². The van der Waals surface area contributed by atoms with E-state index in [0.29, 0.717) is 16.7 Å². The highest BCUT2D eigenvalue weighted by Gasteiger charge is 2.52. The Morgan fingerprint density at radius 2 is 1.48 bits per heavy atom. The van der Waals surface area contributed by atoms with Crippen molar-refractivity contribution in [2.75, 3.05) is 5.32 Å². The van der Waals surface area contributed by atoms with Crippen LogP contribution in [0.1, 0.15) is 27.8 Å². The number of rotatable bonds is 3. The number of aromatic hydroxyl groups is 1. The number of hydrogen-bond acceptors (Lipinski definition) is 3. The minimum atomic E-state index is -4.63. The van der Waals surface area contributed by atoms with Crippen molar-refractivity contribution in [2.45, 2.75) is 18.2 Å². The molecule has 0 aromatic heterocycles. The molecule has 0 saturated heterocycles. The maximum atomic E-state index is 13.6. The summed E-state index contributed by atoms with van der Waals surface area (Å²) in [6.45, 7) is -0.201. The summed E-state index contributed by atoms with van der Waals surface area (Å²) < 4.78 is 40.7. The molecule has 0 radical (unpaired) electrons. The fourth-order valence-electron chi connectivity index (χ4n) is 3.88. The lowest BCUT2D eigenvalue weighted by molar-refractivity contribution is -0.136. The van der Waals surface area contributed by atoms with Crippen molar-refractivity contribution in [1.29, 1.82) is 0 Å². The number of carbonyl (C=O) groups excluding carboxylic acids is 1. The molecule has 1 heterocycles. The molecule has 0 spiro atoms. The van der Waals surface area contributed by atoms with Gasteiger partial charge in [0.1, 0.15) is 11.2 Å². The van der Waals surface area contributed by atoms with Crippen molar-refractivity contribution in [1.82, 2.24) is 0 Å². The number of aliphatic hydroxyl groups excluding tert-OH is 1. The molecule has 0 saturated carbocycles. The summed E-state index contributed by atoms with van der Waals surface area (Å²) in [5, 5.41) is 21.4. The third-order valence-electron chi connectivity index (χ3n) is 5.22. The number of anilines is 1. The summed E-state index contributed by atoms with van der Waals surface area (Å²) in [5.74, 6) is -0.645. The number of para-hydroxylation sites is 1. The minimum Gasteiger partial charge on any atom is -0.508 e. The number of fused-ring (bicyclic) bond motifs is 1. The molecule has 1 unspecified atom stereocenters. The molecule has 3 aromatic rings. The van der Waals surface area contributed by atoms with E-state index >= 15 is 0 Å². The topological polar surface area (TPSA) is 69.6 Å². The Morgan fingerprint density at radius 3 is 2.03 bits per heavy atom. The summed E-state index contributed by atoms with van der Waals surface area (Å²) in [4.78, 5) is 13.3. The first-order valence-corrected chi connectivity index (χ1v) is 8.80. The SMILES string of the molecule is O=C1Nc2c(C(F)(F)F)cccc2C1(c1ccc(O)cc1)c1ccc(CO)cc1. The zero-order valence-corrected chi connectivity index (χ0v) is 15.0. The van der Waals surface area contributed by atoms with E-state index in [-0.39, 0.29) is 23.6 Å². The van der Waals surface area contributed by atoms with Crippen LogP contribution in [0.25, 0.3) is 0 Å².